The third kappa shape index (κ3) is 4.57. The minimum Gasteiger partial charge on any atom is -0.355 e. The van der Waals surface area contributed by atoms with Crippen LogP contribution in [0, 0.1) is 0 Å². The maximum Gasteiger partial charge on any atom is 0.191 e. The Hall–Kier alpha value is -1.60. The van der Waals surface area contributed by atoms with Gasteiger partial charge in [0.25, 0.3) is 0 Å². The van der Waals surface area contributed by atoms with Gasteiger partial charge in [0, 0.05) is 64.0 Å². The first-order chi connectivity index (χ1) is 12.5. The van der Waals surface area contributed by atoms with Gasteiger partial charge in [-0.05, 0) is 46.3 Å². The molecule has 2 atom stereocenters. The number of aromatic nitrogens is 2. The molecule has 26 heavy (non-hydrogen) atoms. The topological polar surface area (TPSA) is 60.7 Å². The van der Waals surface area contributed by atoms with Crippen LogP contribution in [0.4, 0.5) is 0 Å². The van der Waals surface area contributed by atoms with Crippen LogP contribution in [0.15, 0.2) is 11.2 Å². The lowest BCUT2D eigenvalue weighted by Crippen LogP contribution is -2.56. The van der Waals surface area contributed by atoms with Gasteiger partial charge in [0.1, 0.15) is 0 Å². The van der Waals surface area contributed by atoms with Gasteiger partial charge in [-0.3, -0.25) is 14.6 Å². The molecule has 2 heterocycles. The lowest BCUT2D eigenvalue weighted by molar-refractivity contribution is 0.116. The number of likely N-dealkylation sites (N-methyl/N-ethyl adjacent to an activating group) is 2. The number of aliphatic imine (C=N–C) groups is 1. The summed E-state index contributed by atoms with van der Waals surface area (Å²) in [6.07, 6.45) is 5.41. The van der Waals surface area contributed by atoms with Crippen molar-refractivity contribution in [2.75, 3.05) is 47.3 Å². The molecule has 7 nitrogen and oxygen atoms in total. The summed E-state index contributed by atoms with van der Waals surface area (Å²) in [7, 11) is 6.26. The number of piperazine rings is 1. The standard InChI is InChI=1S/C19H35N7/c1-14(2)26-12-15-6-7-16(10-18(15)23-26)22-19(20-3)21-11-17-13-24(4)8-9-25(17)5/h12,14,16-17H,6-11,13H2,1-5H3,(H2,20,21,22). The molecule has 0 bridgehead atoms. The van der Waals surface area contributed by atoms with Crippen molar-refractivity contribution in [3.05, 3.63) is 17.5 Å². The summed E-state index contributed by atoms with van der Waals surface area (Å²) in [6.45, 7) is 8.64. The number of nitrogens with one attached hydrogen (secondary N) is 2. The molecule has 3 rings (SSSR count). The Balaban J connectivity index is 1.52. The fourth-order valence-electron chi connectivity index (χ4n) is 3.82. The van der Waals surface area contributed by atoms with E-state index in [4.69, 9.17) is 5.10 Å². The maximum atomic E-state index is 4.78. The third-order valence-electron chi connectivity index (χ3n) is 5.68. The molecule has 1 aromatic rings. The van der Waals surface area contributed by atoms with E-state index in [9.17, 15) is 0 Å². The first-order valence-electron chi connectivity index (χ1n) is 9.89. The number of guanidine groups is 1. The van der Waals surface area contributed by atoms with E-state index in [0.717, 1.165) is 51.4 Å². The van der Waals surface area contributed by atoms with E-state index >= 15 is 0 Å². The number of hydrogen-bond donors (Lipinski definition) is 2. The second kappa shape index (κ2) is 8.39. The molecule has 1 saturated heterocycles. The highest BCUT2D eigenvalue weighted by Crippen LogP contribution is 2.21. The first-order valence-corrected chi connectivity index (χ1v) is 9.89. The Morgan fingerprint density at radius 3 is 2.88 bits per heavy atom. The fraction of sp³-hybridized carbons (Fsp3) is 0.789. The van der Waals surface area contributed by atoms with E-state index in [0.29, 0.717) is 18.1 Å². The Morgan fingerprint density at radius 2 is 2.15 bits per heavy atom. The quantitative estimate of drug-likeness (QED) is 0.612. The Kier molecular flexibility index (Phi) is 6.19. The molecule has 2 unspecified atom stereocenters. The predicted octanol–water partition coefficient (Wildman–Crippen LogP) is 0.732. The monoisotopic (exact) mass is 361 g/mol. The van der Waals surface area contributed by atoms with Gasteiger partial charge in [-0.25, -0.2) is 0 Å². The highest BCUT2D eigenvalue weighted by Gasteiger charge is 2.25. The second-order valence-electron chi connectivity index (χ2n) is 8.11. The van der Waals surface area contributed by atoms with E-state index in [1.165, 1.54) is 11.3 Å². The molecule has 7 heteroatoms. The van der Waals surface area contributed by atoms with Gasteiger partial charge in [0.05, 0.1) is 5.69 Å². The third-order valence-corrected chi connectivity index (χ3v) is 5.68. The average Bonchev–Trinajstić information content (AvgIpc) is 3.05. The molecular formula is C19H35N7. The van der Waals surface area contributed by atoms with Crippen molar-refractivity contribution in [1.82, 2.24) is 30.2 Å². The lowest BCUT2D eigenvalue weighted by Gasteiger charge is -2.38. The molecule has 0 amide bonds. The van der Waals surface area contributed by atoms with Crippen LogP contribution in [0.25, 0.3) is 0 Å². The highest BCUT2D eigenvalue weighted by atomic mass is 15.3. The molecule has 1 aliphatic heterocycles. The van der Waals surface area contributed by atoms with Crippen molar-refractivity contribution in [3.63, 3.8) is 0 Å². The van der Waals surface area contributed by atoms with Gasteiger partial charge in [-0.2, -0.15) is 5.10 Å². The Bertz CT molecular complexity index is 621. The van der Waals surface area contributed by atoms with E-state index in [1.54, 1.807) is 0 Å². The van der Waals surface area contributed by atoms with Crippen LogP contribution in [0.2, 0.25) is 0 Å². The summed E-state index contributed by atoms with van der Waals surface area (Å²) in [4.78, 5) is 9.27. The zero-order chi connectivity index (χ0) is 18.7. The molecule has 0 saturated carbocycles. The van der Waals surface area contributed by atoms with Crippen molar-refractivity contribution < 1.29 is 0 Å². The lowest BCUT2D eigenvalue weighted by atomic mass is 9.94. The van der Waals surface area contributed by atoms with Crippen LogP contribution in [0.3, 0.4) is 0 Å². The fourth-order valence-corrected chi connectivity index (χ4v) is 3.82. The van der Waals surface area contributed by atoms with Gasteiger partial charge >= 0.3 is 0 Å². The summed E-state index contributed by atoms with van der Waals surface area (Å²) >= 11 is 0. The highest BCUT2D eigenvalue weighted by molar-refractivity contribution is 5.80. The van der Waals surface area contributed by atoms with Crippen LogP contribution in [-0.4, -0.2) is 84.9 Å². The number of aryl methyl sites for hydroxylation is 1. The van der Waals surface area contributed by atoms with Gasteiger partial charge < -0.3 is 15.5 Å². The van der Waals surface area contributed by atoms with Crippen molar-refractivity contribution in [1.29, 1.82) is 0 Å². The molecule has 2 N–H and O–H groups in total. The summed E-state index contributed by atoms with van der Waals surface area (Å²) in [5.74, 6) is 0.906. The average molecular weight is 362 g/mol. The SMILES string of the molecule is CN=C(NCC1CN(C)CCN1C)NC1CCc2cn(C(C)C)nc2C1. The molecule has 0 spiro atoms. The molecular weight excluding hydrogens is 326 g/mol. The molecule has 0 radical (unpaired) electrons. The van der Waals surface area contributed by atoms with Crippen LogP contribution in [0.5, 0.6) is 0 Å². The van der Waals surface area contributed by atoms with E-state index < -0.39 is 0 Å². The van der Waals surface area contributed by atoms with Gasteiger partial charge in [-0.1, -0.05) is 0 Å². The van der Waals surface area contributed by atoms with Crippen LogP contribution in [0.1, 0.15) is 37.6 Å². The van der Waals surface area contributed by atoms with Gasteiger partial charge in [0.2, 0.25) is 0 Å². The van der Waals surface area contributed by atoms with Crippen LogP contribution < -0.4 is 10.6 Å². The zero-order valence-corrected chi connectivity index (χ0v) is 17.0. The maximum absolute atomic E-state index is 4.78. The number of fused-ring (bicyclic) bond motifs is 1. The minimum atomic E-state index is 0.399. The minimum absolute atomic E-state index is 0.399. The Labute approximate surface area is 157 Å². The molecule has 0 aromatic carbocycles. The Morgan fingerprint density at radius 1 is 1.35 bits per heavy atom. The van der Waals surface area contributed by atoms with Crippen molar-refractivity contribution in [3.8, 4) is 0 Å². The van der Waals surface area contributed by atoms with E-state index in [2.05, 4.69) is 64.2 Å². The molecule has 2 aliphatic rings. The number of nitrogens with zero attached hydrogens (tertiary/aromatic N) is 5. The van der Waals surface area contributed by atoms with E-state index in [-0.39, 0.29) is 0 Å². The smallest absolute Gasteiger partial charge is 0.191 e. The normalized spacial score (nSPS) is 25.4. The molecule has 146 valence electrons. The van der Waals surface area contributed by atoms with Crippen LogP contribution >= 0.6 is 0 Å². The van der Waals surface area contributed by atoms with Crippen molar-refractivity contribution in [2.24, 2.45) is 4.99 Å². The summed E-state index contributed by atoms with van der Waals surface area (Å²) in [6, 6.07) is 1.34. The van der Waals surface area contributed by atoms with Crippen LogP contribution in [-0.2, 0) is 12.8 Å². The largest absolute Gasteiger partial charge is 0.355 e. The summed E-state index contributed by atoms with van der Waals surface area (Å²) in [5, 5.41) is 11.9. The number of hydrogen-bond acceptors (Lipinski definition) is 4. The van der Waals surface area contributed by atoms with Gasteiger partial charge in [-0.15, -0.1) is 0 Å². The zero-order valence-electron chi connectivity index (χ0n) is 17.0. The van der Waals surface area contributed by atoms with Crippen molar-refractivity contribution in [2.45, 2.75) is 51.2 Å². The molecule has 1 fully saturated rings. The van der Waals surface area contributed by atoms with Crippen molar-refractivity contribution >= 4 is 5.96 Å². The van der Waals surface area contributed by atoms with E-state index in [1.807, 2.05) is 7.05 Å². The summed E-state index contributed by atoms with van der Waals surface area (Å²) in [5.41, 5.74) is 2.65. The first kappa shape index (κ1) is 19.2. The van der Waals surface area contributed by atoms with Gasteiger partial charge in [0.15, 0.2) is 5.96 Å². The second-order valence-corrected chi connectivity index (χ2v) is 8.11. The molecule has 1 aromatic heterocycles. The predicted molar refractivity (Wildman–Crippen MR) is 107 cm³/mol. The summed E-state index contributed by atoms with van der Waals surface area (Å²) < 4.78 is 2.09. The molecule has 1 aliphatic carbocycles. The number of rotatable bonds is 4.